The van der Waals surface area contributed by atoms with Crippen molar-refractivity contribution in [3.05, 3.63) is 35.5 Å². The molecule has 3 atom stereocenters. The second-order valence-electron chi connectivity index (χ2n) is 5.50. The number of rotatable bonds is 0. The van der Waals surface area contributed by atoms with Gasteiger partial charge in [0.15, 0.2) is 0 Å². The summed E-state index contributed by atoms with van der Waals surface area (Å²) in [6.07, 6.45) is 16.5. The summed E-state index contributed by atoms with van der Waals surface area (Å²) >= 11 is 0. The van der Waals surface area contributed by atoms with E-state index in [0.717, 1.165) is 17.8 Å². The Hall–Kier alpha value is -0.780. The van der Waals surface area contributed by atoms with E-state index in [1.54, 1.807) is 5.57 Å². The van der Waals surface area contributed by atoms with Gasteiger partial charge in [-0.15, -0.1) is 0 Å². The zero-order chi connectivity index (χ0) is 10.3. The molecule has 0 bridgehead atoms. The predicted molar refractivity (Wildman–Crippen MR) is 64.5 cm³/mol. The van der Waals surface area contributed by atoms with Gasteiger partial charge in [0.05, 0.1) is 0 Å². The fraction of sp³-hybridized carbons (Fsp3) is 0.600. The molecule has 0 heterocycles. The van der Waals surface area contributed by atoms with Gasteiger partial charge >= 0.3 is 0 Å². The third-order valence-corrected chi connectivity index (χ3v) is 4.46. The fourth-order valence-corrected chi connectivity index (χ4v) is 3.56. The van der Waals surface area contributed by atoms with Crippen LogP contribution in [0.25, 0.3) is 0 Å². The van der Waals surface area contributed by atoms with Gasteiger partial charge in [0, 0.05) is 0 Å². The van der Waals surface area contributed by atoms with Crippen molar-refractivity contribution in [1.29, 1.82) is 0 Å². The molecule has 0 aromatic heterocycles. The molecule has 3 unspecified atom stereocenters. The Morgan fingerprint density at radius 1 is 1.07 bits per heavy atom. The molecule has 3 aliphatic carbocycles. The monoisotopic (exact) mass is 200 g/mol. The summed E-state index contributed by atoms with van der Waals surface area (Å²) < 4.78 is 0. The van der Waals surface area contributed by atoms with E-state index in [0.29, 0.717) is 0 Å². The molecular weight excluding hydrogens is 180 g/mol. The van der Waals surface area contributed by atoms with Crippen molar-refractivity contribution >= 4 is 0 Å². The zero-order valence-electron chi connectivity index (χ0n) is 9.58. The van der Waals surface area contributed by atoms with Crippen LogP contribution < -0.4 is 0 Å². The molecule has 1 saturated carbocycles. The van der Waals surface area contributed by atoms with Gasteiger partial charge in [-0.3, -0.25) is 0 Å². The van der Waals surface area contributed by atoms with Crippen molar-refractivity contribution < 1.29 is 0 Å². The Morgan fingerprint density at radius 2 is 1.87 bits per heavy atom. The molecule has 0 N–H and O–H groups in total. The van der Waals surface area contributed by atoms with Crippen LogP contribution in [0.15, 0.2) is 35.5 Å². The number of fused-ring (bicyclic) bond motifs is 2. The molecule has 0 spiro atoms. The molecule has 3 rings (SSSR count). The van der Waals surface area contributed by atoms with Crippen molar-refractivity contribution in [3.63, 3.8) is 0 Å². The van der Waals surface area contributed by atoms with E-state index in [-0.39, 0.29) is 0 Å². The van der Waals surface area contributed by atoms with Gasteiger partial charge in [-0.2, -0.15) is 0 Å². The first-order valence-electron chi connectivity index (χ1n) is 6.35. The van der Waals surface area contributed by atoms with Gasteiger partial charge in [0.1, 0.15) is 0 Å². The highest BCUT2D eigenvalue weighted by atomic mass is 14.4. The van der Waals surface area contributed by atoms with Gasteiger partial charge in [-0.05, 0) is 56.8 Å². The third-order valence-electron chi connectivity index (χ3n) is 4.46. The predicted octanol–water partition coefficient (Wildman–Crippen LogP) is 4.26. The number of allylic oxidation sites excluding steroid dienone is 6. The maximum Gasteiger partial charge on any atom is -0.0162 e. The Balaban J connectivity index is 1.82. The van der Waals surface area contributed by atoms with E-state index in [9.17, 15) is 0 Å². The van der Waals surface area contributed by atoms with Crippen LogP contribution in [-0.4, -0.2) is 0 Å². The molecule has 0 amide bonds. The Labute approximate surface area is 92.8 Å². The lowest BCUT2D eigenvalue weighted by molar-refractivity contribution is 0.224. The summed E-state index contributed by atoms with van der Waals surface area (Å²) in [6, 6.07) is 0. The highest BCUT2D eigenvalue weighted by molar-refractivity contribution is 5.30. The summed E-state index contributed by atoms with van der Waals surface area (Å²) in [4.78, 5) is 0. The molecular formula is C15H20. The van der Waals surface area contributed by atoms with Crippen molar-refractivity contribution in [1.82, 2.24) is 0 Å². The Bertz CT molecular complexity index is 343. The molecule has 0 heteroatoms. The largest absolute Gasteiger partial charge is 0.0882 e. The first-order chi connectivity index (χ1) is 7.33. The highest BCUT2D eigenvalue weighted by Gasteiger charge is 2.33. The molecule has 0 saturated heterocycles. The van der Waals surface area contributed by atoms with Crippen LogP contribution in [0.5, 0.6) is 0 Å². The standard InChI is InChI=1S/C15H20/c1-11-6-7-14-9-12-4-2-3-5-13(12)10-15(14)8-11/h2-3,6,8,12-14H,4-5,7,9-10H2,1H3. The smallest absolute Gasteiger partial charge is 0.0162 e. The second-order valence-corrected chi connectivity index (χ2v) is 5.50. The lowest BCUT2D eigenvalue weighted by Gasteiger charge is -2.40. The van der Waals surface area contributed by atoms with E-state index in [1.807, 2.05) is 0 Å². The Kier molecular flexibility index (Phi) is 2.31. The minimum atomic E-state index is 0.890. The van der Waals surface area contributed by atoms with Crippen molar-refractivity contribution in [2.45, 2.75) is 39.0 Å². The molecule has 0 radical (unpaired) electrons. The first-order valence-corrected chi connectivity index (χ1v) is 6.35. The van der Waals surface area contributed by atoms with Crippen LogP contribution in [0.1, 0.15) is 39.0 Å². The van der Waals surface area contributed by atoms with Crippen molar-refractivity contribution in [2.24, 2.45) is 17.8 Å². The maximum absolute atomic E-state index is 2.46. The second kappa shape index (κ2) is 3.66. The first kappa shape index (κ1) is 9.45. The van der Waals surface area contributed by atoms with E-state index in [2.05, 4.69) is 31.2 Å². The topological polar surface area (TPSA) is 0 Å². The summed E-state index contributed by atoms with van der Waals surface area (Å²) in [7, 11) is 0. The van der Waals surface area contributed by atoms with Crippen LogP contribution in [-0.2, 0) is 0 Å². The minimum Gasteiger partial charge on any atom is -0.0882 e. The summed E-state index contributed by atoms with van der Waals surface area (Å²) in [5.41, 5.74) is 3.25. The lowest BCUT2D eigenvalue weighted by atomic mass is 9.65. The minimum absolute atomic E-state index is 0.890. The van der Waals surface area contributed by atoms with E-state index < -0.39 is 0 Å². The summed E-state index contributed by atoms with van der Waals surface area (Å²) in [6.45, 7) is 2.25. The molecule has 1 fully saturated rings. The fourth-order valence-electron chi connectivity index (χ4n) is 3.56. The molecule has 0 aromatic rings. The van der Waals surface area contributed by atoms with Gasteiger partial charge in [-0.25, -0.2) is 0 Å². The van der Waals surface area contributed by atoms with Crippen LogP contribution in [0, 0.1) is 17.8 Å². The summed E-state index contributed by atoms with van der Waals surface area (Å²) in [5, 5.41) is 0. The normalized spacial score (nSPS) is 38.9. The SMILES string of the molecule is CC1=CCC2CC3CC=CCC3CC2=C1. The van der Waals surface area contributed by atoms with Crippen molar-refractivity contribution in [2.75, 3.05) is 0 Å². The molecule has 80 valence electrons. The number of hydrogen-bond donors (Lipinski definition) is 0. The molecule has 0 aliphatic heterocycles. The van der Waals surface area contributed by atoms with Gasteiger partial charge in [-0.1, -0.05) is 35.5 Å². The van der Waals surface area contributed by atoms with Gasteiger partial charge in [0.25, 0.3) is 0 Å². The van der Waals surface area contributed by atoms with Crippen LogP contribution in [0.2, 0.25) is 0 Å². The molecule has 0 nitrogen and oxygen atoms in total. The zero-order valence-corrected chi connectivity index (χ0v) is 9.58. The molecule has 15 heavy (non-hydrogen) atoms. The lowest BCUT2D eigenvalue weighted by Crippen LogP contribution is -2.28. The average Bonchev–Trinajstić information content (AvgIpc) is 2.26. The van der Waals surface area contributed by atoms with E-state index in [4.69, 9.17) is 0 Å². The molecule has 0 aromatic carbocycles. The van der Waals surface area contributed by atoms with Crippen molar-refractivity contribution in [3.8, 4) is 0 Å². The van der Waals surface area contributed by atoms with Gasteiger partial charge < -0.3 is 0 Å². The van der Waals surface area contributed by atoms with Crippen LogP contribution >= 0.6 is 0 Å². The molecule has 3 aliphatic rings. The summed E-state index contributed by atoms with van der Waals surface area (Å²) in [5.74, 6) is 2.84. The maximum atomic E-state index is 2.46. The van der Waals surface area contributed by atoms with Gasteiger partial charge in [0.2, 0.25) is 0 Å². The third kappa shape index (κ3) is 1.71. The number of hydrogen-bond acceptors (Lipinski definition) is 0. The Morgan fingerprint density at radius 3 is 2.73 bits per heavy atom. The van der Waals surface area contributed by atoms with E-state index in [1.165, 1.54) is 37.7 Å². The quantitative estimate of drug-likeness (QED) is 0.513. The van der Waals surface area contributed by atoms with Crippen LogP contribution in [0.4, 0.5) is 0 Å². The highest BCUT2D eigenvalue weighted by Crippen LogP contribution is 2.46. The van der Waals surface area contributed by atoms with Crippen LogP contribution in [0.3, 0.4) is 0 Å². The average molecular weight is 200 g/mol. The van der Waals surface area contributed by atoms with E-state index >= 15 is 0 Å².